The van der Waals surface area contributed by atoms with Crippen LogP contribution in [0.15, 0.2) is 53.4 Å². The Bertz CT molecular complexity index is 1010. The first-order chi connectivity index (χ1) is 13.4. The number of amides is 1. The van der Waals surface area contributed by atoms with E-state index in [1.54, 1.807) is 6.07 Å². The maximum Gasteiger partial charge on any atom is 0.251 e. The molecule has 1 amide bonds. The zero-order chi connectivity index (χ0) is 20.1. The van der Waals surface area contributed by atoms with Gasteiger partial charge in [0, 0.05) is 17.5 Å². The van der Waals surface area contributed by atoms with Gasteiger partial charge in [0.2, 0.25) is 10.0 Å². The van der Waals surface area contributed by atoms with Crippen LogP contribution >= 0.6 is 0 Å². The summed E-state index contributed by atoms with van der Waals surface area (Å²) in [5.74, 6) is 2.96. The summed E-state index contributed by atoms with van der Waals surface area (Å²) in [7, 11) is -3.74. The molecule has 0 aliphatic heterocycles. The van der Waals surface area contributed by atoms with Gasteiger partial charge in [-0.2, -0.15) is 4.72 Å². The average molecular weight is 398 g/mol. The topological polar surface area (TPSA) is 84.5 Å². The van der Waals surface area contributed by atoms with Gasteiger partial charge in [-0.3, -0.25) is 4.79 Å². The van der Waals surface area contributed by atoms with Crippen LogP contribution in [-0.2, 0) is 10.0 Å². The molecule has 3 rings (SSSR count). The third-order valence-corrected chi connectivity index (χ3v) is 5.87. The lowest BCUT2D eigenvalue weighted by Gasteiger charge is -2.09. The molecule has 0 spiro atoms. The fraction of sp³-hybridized carbons (Fsp3) is 0.286. The number of nitrogens with one attached hydrogen (secondary N) is 2. The molecule has 2 aromatic carbocycles. The second kappa shape index (κ2) is 8.46. The molecular weight excluding hydrogens is 376 g/mol. The number of ether oxygens (including phenoxy) is 1. The van der Waals surface area contributed by atoms with Gasteiger partial charge in [0.05, 0.1) is 18.0 Å². The zero-order valence-electron chi connectivity index (χ0n) is 15.5. The van der Waals surface area contributed by atoms with Gasteiger partial charge in [-0.05, 0) is 49.2 Å². The third kappa shape index (κ3) is 4.71. The summed E-state index contributed by atoms with van der Waals surface area (Å²) in [4.78, 5) is 12.6. The van der Waals surface area contributed by atoms with E-state index in [0.29, 0.717) is 6.61 Å². The smallest absolute Gasteiger partial charge is 0.251 e. The Balaban J connectivity index is 1.66. The van der Waals surface area contributed by atoms with Crippen molar-refractivity contribution in [3.63, 3.8) is 0 Å². The minimum Gasteiger partial charge on any atom is -0.494 e. The highest BCUT2D eigenvalue weighted by Crippen LogP contribution is 2.41. The van der Waals surface area contributed by atoms with Gasteiger partial charge in [-0.25, -0.2) is 8.42 Å². The lowest BCUT2D eigenvalue weighted by atomic mass is 10.1. The quantitative estimate of drug-likeness (QED) is 0.668. The van der Waals surface area contributed by atoms with Gasteiger partial charge >= 0.3 is 0 Å². The van der Waals surface area contributed by atoms with E-state index in [4.69, 9.17) is 11.2 Å². The number of sulfonamides is 1. The Kier molecular flexibility index (Phi) is 6.02. The molecular formula is C21H22N2O4S. The molecule has 6 nitrogen and oxygen atoms in total. The minimum absolute atomic E-state index is 0.00663. The number of carbonyl (C=O) groups is 1. The highest BCUT2D eigenvalue weighted by atomic mass is 32.2. The summed E-state index contributed by atoms with van der Waals surface area (Å²) in [6.45, 7) is 2.43. The molecule has 0 aromatic heterocycles. The van der Waals surface area contributed by atoms with Crippen molar-refractivity contribution in [2.75, 3.05) is 13.2 Å². The molecule has 2 N–H and O–H groups in total. The molecule has 2 unspecified atom stereocenters. The molecule has 7 heteroatoms. The first-order valence-electron chi connectivity index (χ1n) is 9.01. The molecule has 2 atom stereocenters. The van der Waals surface area contributed by atoms with Crippen LogP contribution in [0.4, 0.5) is 0 Å². The summed E-state index contributed by atoms with van der Waals surface area (Å²) in [6.07, 6.45) is 5.93. The van der Waals surface area contributed by atoms with Crippen molar-refractivity contribution in [3.05, 3.63) is 59.7 Å². The monoisotopic (exact) mass is 398 g/mol. The second-order valence-electron chi connectivity index (χ2n) is 6.48. The Morgan fingerprint density at radius 1 is 1.25 bits per heavy atom. The predicted octanol–water partition coefficient (Wildman–Crippen LogP) is 2.28. The number of hydrogen-bond acceptors (Lipinski definition) is 4. The molecule has 1 saturated carbocycles. The van der Waals surface area contributed by atoms with Crippen molar-refractivity contribution >= 4 is 15.9 Å². The van der Waals surface area contributed by atoms with Crippen LogP contribution in [0.3, 0.4) is 0 Å². The van der Waals surface area contributed by atoms with Crippen LogP contribution in [0.25, 0.3) is 0 Å². The zero-order valence-corrected chi connectivity index (χ0v) is 16.3. The van der Waals surface area contributed by atoms with Crippen molar-refractivity contribution in [2.24, 2.45) is 0 Å². The molecule has 1 fully saturated rings. The fourth-order valence-corrected chi connectivity index (χ4v) is 3.98. The summed E-state index contributed by atoms with van der Waals surface area (Å²) >= 11 is 0. The van der Waals surface area contributed by atoms with E-state index in [1.165, 1.54) is 18.2 Å². The molecule has 0 radical (unpaired) electrons. The Morgan fingerprint density at radius 3 is 2.79 bits per heavy atom. The average Bonchev–Trinajstić information content (AvgIpc) is 3.46. The van der Waals surface area contributed by atoms with Gasteiger partial charge in [-0.1, -0.05) is 24.1 Å². The first-order valence-corrected chi connectivity index (χ1v) is 10.5. The SMILES string of the molecule is C#CCNS(=O)(=O)c1cccc(C(=O)NC2CC2c2cccc(OCC)c2)c1. The van der Waals surface area contributed by atoms with E-state index in [0.717, 1.165) is 17.7 Å². The number of hydrogen-bond donors (Lipinski definition) is 2. The number of benzene rings is 2. The van der Waals surface area contributed by atoms with E-state index >= 15 is 0 Å². The van der Waals surface area contributed by atoms with Crippen LogP contribution in [0.5, 0.6) is 5.75 Å². The van der Waals surface area contributed by atoms with Crippen molar-refractivity contribution in [1.82, 2.24) is 10.0 Å². The summed E-state index contributed by atoms with van der Waals surface area (Å²) in [6, 6.07) is 13.8. The van der Waals surface area contributed by atoms with Gasteiger partial charge < -0.3 is 10.1 Å². The van der Waals surface area contributed by atoms with Crippen LogP contribution in [0.2, 0.25) is 0 Å². The standard InChI is InChI=1S/C21H22N2O4S/c1-3-11-22-28(25,26)18-10-6-8-16(13-18)21(24)23-20-14-19(20)15-7-5-9-17(12-15)27-4-2/h1,5-10,12-13,19-20,22H,4,11,14H2,2H3,(H,23,24). The van der Waals surface area contributed by atoms with Crippen LogP contribution in [0.1, 0.15) is 35.2 Å². The van der Waals surface area contributed by atoms with Gasteiger partial charge in [0.25, 0.3) is 5.91 Å². The second-order valence-corrected chi connectivity index (χ2v) is 8.25. The lowest BCUT2D eigenvalue weighted by molar-refractivity contribution is 0.0950. The van der Waals surface area contributed by atoms with E-state index < -0.39 is 10.0 Å². The molecule has 1 aliphatic rings. The highest BCUT2D eigenvalue weighted by Gasteiger charge is 2.39. The van der Waals surface area contributed by atoms with E-state index in [1.807, 2.05) is 31.2 Å². The molecule has 0 saturated heterocycles. The van der Waals surface area contributed by atoms with Crippen LogP contribution in [0, 0.1) is 12.3 Å². The molecule has 0 bridgehead atoms. The highest BCUT2D eigenvalue weighted by molar-refractivity contribution is 7.89. The molecule has 146 valence electrons. The number of terminal acetylenes is 1. The Hall–Kier alpha value is -2.82. The van der Waals surface area contributed by atoms with Gasteiger partial charge in [-0.15, -0.1) is 6.42 Å². The normalized spacial score (nSPS) is 18.1. The maximum atomic E-state index is 12.6. The Labute approximate surface area is 165 Å². The fourth-order valence-electron chi connectivity index (χ4n) is 3.00. The maximum absolute atomic E-state index is 12.6. The molecule has 2 aromatic rings. The predicted molar refractivity (Wildman–Crippen MR) is 107 cm³/mol. The first kappa shape index (κ1) is 19.9. The summed E-state index contributed by atoms with van der Waals surface area (Å²) in [5, 5.41) is 2.96. The molecule has 0 heterocycles. The third-order valence-electron chi connectivity index (χ3n) is 4.47. The van der Waals surface area contributed by atoms with E-state index in [-0.39, 0.29) is 34.9 Å². The van der Waals surface area contributed by atoms with Crippen LogP contribution < -0.4 is 14.8 Å². The molecule has 1 aliphatic carbocycles. The van der Waals surface area contributed by atoms with E-state index in [2.05, 4.69) is 16.0 Å². The Morgan fingerprint density at radius 2 is 2.04 bits per heavy atom. The number of rotatable bonds is 8. The van der Waals surface area contributed by atoms with Gasteiger partial charge in [0.1, 0.15) is 5.75 Å². The number of carbonyl (C=O) groups excluding carboxylic acids is 1. The lowest BCUT2D eigenvalue weighted by Crippen LogP contribution is -2.27. The van der Waals surface area contributed by atoms with Crippen LogP contribution in [-0.4, -0.2) is 33.5 Å². The summed E-state index contributed by atoms with van der Waals surface area (Å²) < 4.78 is 32.1. The van der Waals surface area contributed by atoms with Crippen molar-refractivity contribution < 1.29 is 17.9 Å². The minimum atomic E-state index is -3.74. The molecule has 28 heavy (non-hydrogen) atoms. The van der Waals surface area contributed by atoms with Crippen molar-refractivity contribution in [3.8, 4) is 18.1 Å². The largest absolute Gasteiger partial charge is 0.494 e. The van der Waals surface area contributed by atoms with Crippen molar-refractivity contribution in [2.45, 2.75) is 30.2 Å². The van der Waals surface area contributed by atoms with E-state index in [9.17, 15) is 13.2 Å². The summed E-state index contributed by atoms with van der Waals surface area (Å²) in [5.41, 5.74) is 1.41. The van der Waals surface area contributed by atoms with Gasteiger partial charge in [0.15, 0.2) is 0 Å². The van der Waals surface area contributed by atoms with Crippen molar-refractivity contribution in [1.29, 1.82) is 0 Å².